The SMILES string of the molecule is N#CCc1cc(F)cc(-c2ccc(Cl)c(Cl)c2)c1. The molecule has 0 spiro atoms. The van der Waals surface area contributed by atoms with Crippen molar-refractivity contribution >= 4 is 23.2 Å². The zero-order valence-corrected chi connectivity index (χ0v) is 10.8. The molecule has 0 saturated heterocycles. The van der Waals surface area contributed by atoms with Crippen molar-refractivity contribution in [1.29, 1.82) is 5.26 Å². The van der Waals surface area contributed by atoms with Gasteiger partial charge in [-0.25, -0.2) is 4.39 Å². The molecule has 0 amide bonds. The lowest BCUT2D eigenvalue weighted by Gasteiger charge is -2.06. The first-order valence-corrected chi connectivity index (χ1v) is 5.97. The third-order valence-electron chi connectivity index (χ3n) is 2.49. The van der Waals surface area contributed by atoms with Gasteiger partial charge in [-0.15, -0.1) is 0 Å². The third kappa shape index (κ3) is 2.81. The van der Waals surface area contributed by atoms with E-state index in [9.17, 15) is 4.39 Å². The molecule has 0 fully saturated rings. The molecule has 0 aliphatic carbocycles. The highest BCUT2D eigenvalue weighted by molar-refractivity contribution is 6.42. The second kappa shape index (κ2) is 5.39. The summed E-state index contributed by atoms with van der Waals surface area (Å²) < 4.78 is 13.4. The van der Waals surface area contributed by atoms with Crippen molar-refractivity contribution in [3.63, 3.8) is 0 Å². The Kier molecular flexibility index (Phi) is 3.86. The summed E-state index contributed by atoms with van der Waals surface area (Å²) in [6, 6.07) is 11.6. The predicted molar refractivity (Wildman–Crippen MR) is 71.2 cm³/mol. The summed E-state index contributed by atoms with van der Waals surface area (Å²) in [4.78, 5) is 0. The minimum Gasteiger partial charge on any atom is -0.207 e. The van der Waals surface area contributed by atoms with E-state index in [4.69, 9.17) is 28.5 Å². The fraction of sp³-hybridized carbons (Fsp3) is 0.0714. The van der Waals surface area contributed by atoms with Crippen molar-refractivity contribution in [2.45, 2.75) is 6.42 Å². The van der Waals surface area contributed by atoms with Crippen LogP contribution in [0.2, 0.25) is 10.0 Å². The number of nitriles is 1. The van der Waals surface area contributed by atoms with Crippen LogP contribution in [0.3, 0.4) is 0 Å². The molecule has 1 nitrogen and oxygen atoms in total. The fourth-order valence-corrected chi connectivity index (χ4v) is 1.98. The standard InChI is InChI=1S/C14H8Cl2FN/c15-13-2-1-10(8-14(13)16)11-5-9(3-4-18)6-12(17)7-11/h1-2,5-8H,3H2. The van der Waals surface area contributed by atoms with Crippen molar-refractivity contribution < 1.29 is 4.39 Å². The summed E-state index contributed by atoms with van der Waals surface area (Å²) in [7, 11) is 0. The maximum absolute atomic E-state index is 13.4. The summed E-state index contributed by atoms with van der Waals surface area (Å²) in [5.74, 6) is -0.371. The van der Waals surface area contributed by atoms with Gasteiger partial charge < -0.3 is 0 Å². The number of nitrogens with zero attached hydrogens (tertiary/aromatic N) is 1. The van der Waals surface area contributed by atoms with E-state index in [0.29, 0.717) is 21.2 Å². The fourth-order valence-electron chi connectivity index (χ4n) is 1.69. The second-order valence-corrected chi connectivity index (χ2v) is 4.63. The lowest BCUT2D eigenvalue weighted by Crippen LogP contribution is -1.87. The van der Waals surface area contributed by atoms with Crippen molar-refractivity contribution in [3.8, 4) is 17.2 Å². The lowest BCUT2D eigenvalue weighted by molar-refractivity contribution is 0.626. The molecule has 0 aromatic heterocycles. The highest BCUT2D eigenvalue weighted by atomic mass is 35.5. The summed E-state index contributed by atoms with van der Waals surface area (Å²) in [6.45, 7) is 0. The van der Waals surface area contributed by atoms with E-state index in [0.717, 1.165) is 5.56 Å². The van der Waals surface area contributed by atoms with Gasteiger partial charge in [-0.05, 0) is 47.0 Å². The molecule has 4 heteroatoms. The van der Waals surface area contributed by atoms with Gasteiger partial charge in [0, 0.05) is 0 Å². The molecule has 2 aromatic rings. The van der Waals surface area contributed by atoms with Gasteiger partial charge in [0.15, 0.2) is 0 Å². The Morgan fingerprint density at radius 1 is 1.00 bits per heavy atom. The summed E-state index contributed by atoms with van der Waals surface area (Å²) >= 11 is 11.8. The summed E-state index contributed by atoms with van der Waals surface area (Å²) in [5.41, 5.74) is 2.08. The van der Waals surface area contributed by atoms with Crippen LogP contribution in [0.25, 0.3) is 11.1 Å². The summed E-state index contributed by atoms with van der Waals surface area (Å²) in [6.07, 6.45) is 0.173. The summed E-state index contributed by atoms with van der Waals surface area (Å²) in [5, 5.41) is 9.51. The molecular weight excluding hydrogens is 272 g/mol. The van der Waals surface area contributed by atoms with Crippen LogP contribution < -0.4 is 0 Å². The zero-order chi connectivity index (χ0) is 13.1. The number of halogens is 3. The quantitative estimate of drug-likeness (QED) is 0.770. The Labute approximate surface area is 114 Å². The first-order valence-electron chi connectivity index (χ1n) is 5.22. The Balaban J connectivity index is 2.50. The highest BCUT2D eigenvalue weighted by Crippen LogP contribution is 2.29. The largest absolute Gasteiger partial charge is 0.207 e. The minimum absolute atomic E-state index is 0.173. The molecule has 0 atom stereocenters. The molecule has 0 N–H and O–H groups in total. The molecule has 2 rings (SSSR count). The Bertz CT molecular complexity index is 632. The van der Waals surface area contributed by atoms with E-state index in [1.165, 1.54) is 12.1 Å². The molecule has 0 aliphatic heterocycles. The normalized spacial score (nSPS) is 10.1. The zero-order valence-electron chi connectivity index (χ0n) is 9.25. The average molecular weight is 280 g/mol. The maximum atomic E-state index is 13.4. The lowest BCUT2D eigenvalue weighted by atomic mass is 10.0. The van der Waals surface area contributed by atoms with Crippen molar-refractivity contribution in [1.82, 2.24) is 0 Å². The average Bonchev–Trinajstić information content (AvgIpc) is 2.32. The number of hydrogen-bond donors (Lipinski definition) is 0. The first kappa shape index (κ1) is 12.9. The van der Waals surface area contributed by atoms with Gasteiger partial charge in [0.1, 0.15) is 5.82 Å². The Morgan fingerprint density at radius 3 is 2.44 bits per heavy atom. The Hall–Kier alpha value is -1.56. The van der Waals surface area contributed by atoms with E-state index in [2.05, 4.69) is 0 Å². The highest BCUT2D eigenvalue weighted by Gasteiger charge is 2.05. The number of rotatable bonds is 2. The number of benzene rings is 2. The van der Waals surface area contributed by atoms with Crippen molar-refractivity contribution in [2.75, 3.05) is 0 Å². The van der Waals surface area contributed by atoms with Crippen LogP contribution in [0, 0.1) is 17.1 Å². The van der Waals surface area contributed by atoms with Crippen molar-refractivity contribution in [3.05, 3.63) is 57.8 Å². The smallest absolute Gasteiger partial charge is 0.124 e. The van der Waals surface area contributed by atoms with Crippen LogP contribution >= 0.6 is 23.2 Å². The molecule has 0 radical (unpaired) electrons. The van der Waals surface area contributed by atoms with Gasteiger partial charge in [0.05, 0.1) is 22.5 Å². The molecule has 0 saturated carbocycles. The third-order valence-corrected chi connectivity index (χ3v) is 3.23. The van der Waals surface area contributed by atoms with Crippen LogP contribution in [0.5, 0.6) is 0 Å². The van der Waals surface area contributed by atoms with E-state index in [1.54, 1.807) is 24.3 Å². The van der Waals surface area contributed by atoms with Crippen LogP contribution in [-0.4, -0.2) is 0 Å². The molecule has 0 bridgehead atoms. The topological polar surface area (TPSA) is 23.8 Å². The Morgan fingerprint density at radius 2 is 1.78 bits per heavy atom. The van der Waals surface area contributed by atoms with E-state index < -0.39 is 0 Å². The van der Waals surface area contributed by atoms with E-state index in [1.807, 2.05) is 6.07 Å². The van der Waals surface area contributed by atoms with Gasteiger partial charge in [-0.1, -0.05) is 29.3 Å². The first-order chi connectivity index (χ1) is 8.60. The van der Waals surface area contributed by atoms with E-state index >= 15 is 0 Å². The molecule has 0 aliphatic rings. The van der Waals surface area contributed by atoms with Gasteiger partial charge in [-0.3, -0.25) is 0 Å². The van der Waals surface area contributed by atoms with Crippen LogP contribution in [0.4, 0.5) is 4.39 Å². The van der Waals surface area contributed by atoms with Crippen LogP contribution in [-0.2, 0) is 6.42 Å². The van der Waals surface area contributed by atoms with Crippen LogP contribution in [0.15, 0.2) is 36.4 Å². The molecule has 18 heavy (non-hydrogen) atoms. The van der Waals surface area contributed by atoms with E-state index in [-0.39, 0.29) is 12.2 Å². The predicted octanol–water partition coefficient (Wildman–Crippen LogP) is 4.87. The van der Waals surface area contributed by atoms with Crippen LogP contribution in [0.1, 0.15) is 5.56 Å². The second-order valence-electron chi connectivity index (χ2n) is 3.81. The molecule has 0 unspecified atom stereocenters. The van der Waals surface area contributed by atoms with Gasteiger partial charge in [-0.2, -0.15) is 5.26 Å². The van der Waals surface area contributed by atoms with Crippen molar-refractivity contribution in [2.24, 2.45) is 0 Å². The van der Waals surface area contributed by atoms with Gasteiger partial charge >= 0.3 is 0 Å². The molecule has 2 aromatic carbocycles. The number of hydrogen-bond acceptors (Lipinski definition) is 1. The maximum Gasteiger partial charge on any atom is 0.124 e. The molecule has 0 heterocycles. The van der Waals surface area contributed by atoms with Gasteiger partial charge in [0.25, 0.3) is 0 Å². The molecule has 90 valence electrons. The molecular formula is C14H8Cl2FN. The van der Waals surface area contributed by atoms with Gasteiger partial charge in [0.2, 0.25) is 0 Å². The monoisotopic (exact) mass is 279 g/mol. The minimum atomic E-state index is -0.371.